The fourth-order valence-electron chi connectivity index (χ4n) is 0.873. The summed E-state index contributed by atoms with van der Waals surface area (Å²) in [6, 6.07) is -1.72. The van der Waals surface area contributed by atoms with Gasteiger partial charge in [-0.25, -0.2) is 8.93 Å². The summed E-state index contributed by atoms with van der Waals surface area (Å²) >= 11 is 0. The molecule has 0 bridgehead atoms. The van der Waals surface area contributed by atoms with Crippen molar-refractivity contribution in [1.29, 1.82) is 0 Å². The molecule has 0 rings (SSSR count). The van der Waals surface area contributed by atoms with Gasteiger partial charge in [0, 0.05) is 0 Å². The summed E-state index contributed by atoms with van der Waals surface area (Å²) in [7, 11) is -1.70. The van der Waals surface area contributed by atoms with Gasteiger partial charge in [0.15, 0.2) is 0 Å². The normalized spacial score (nSPS) is 17.9. The third-order valence-corrected chi connectivity index (χ3v) is 3.39. The van der Waals surface area contributed by atoms with Gasteiger partial charge in [-0.1, -0.05) is 13.8 Å². The molecule has 0 aliphatic carbocycles. The standard InChI is InChI=1S/C9H18F3NOS/c1-6(2)7(9(10,11)12)13-15(14)8(3,4)5/h6-7,13H,1-5H3. The third kappa shape index (κ3) is 4.97. The molecular weight excluding hydrogens is 227 g/mol. The number of hydrogen-bond donors (Lipinski definition) is 1. The fourth-order valence-corrected chi connectivity index (χ4v) is 1.86. The minimum atomic E-state index is -4.37. The van der Waals surface area contributed by atoms with Crippen LogP contribution in [0.25, 0.3) is 0 Å². The van der Waals surface area contributed by atoms with Gasteiger partial charge in [-0.15, -0.1) is 0 Å². The fraction of sp³-hybridized carbons (Fsp3) is 1.00. The molecule has 1 N–H and O–H groups in total. The average Bonchev–Trinajstić information content (AvgIpc) is 1.94. The van der Waals surface area contributed by atoms with Crippen LogP contribution < -0.4 is 4.72 Å². The van der Waals surface area contributed by atoms with Crippen molar-refractivity contribution in [2.45, 2.75) is 51.6 Å². The molecular formula is C9H18F3NOS. The van der Waals surface area contributed by atoms with Crippen molar-refractivity contribution in [1.82, 2.24) is 4.72 Å². The molecule has 15 heavy (non-hydrogen) atoms. The number of alkyl halides is 3. The molecule has 0 aromatic rings. The molecule has 2 unspecified atom stereocenters. The highest BCUT2D eigenvalue weighted by Crippen LogP contribution is 2.26. The molecule has 0 aromatic heterocycles. The molecule has 0 fully saturated rings. The number of halogens is 3. The molecule has 0 heterocycles. The lowest BCUT2D eigenvalue weighted by Crippen LogP contribution is -2.50. The van der Waals surface area contributed by atoms with Crippen LogP contribution in [0.2, 0.25) is 0 Å². The molecule has 2 atom stereocenters. The molecule has 0 aromatic carbocycles. The number of hydrogen-bond acceptors (Lipinski definition) is 1. The van der Waals surface area contributed by atoms with Crippen molar-refractivity contribution in [2.75, 3.05) is 0 Å². The maximum atomic E-state index is 12.5. The zero-order valence-electron chi connectivity index (χ0n) is 9.61. The Labute approximate surface area is 91.2 Å². The van der Waals surface area contributed by atoms with E-state index in [0.717, 1.165) is 0 Å². The van der Waals surface area contributed by atoms with Gasteiger partial charge in [0.25, 0.3) is 0 Å². The second-order valence-corrected chi connectivity index (χ2v) is 6.76. The highest BCUT2D eigenvalue weighted by atomic mass is 32.2. The largest absolute Gasteiger partial charge is 0.405 e. The third-order valence-electron chi connectivity index (χ3n) is 1.81. The quantitative estimate of drug-likeness (QED) is 0.813. The Morgan fingerprint density at radius 2 is 1.53 bits per heavy atom. The second kappa shape index (κ2) is 4.82. The first kappa shape index (κ1) is 14.9. The maximum Gasteiger partial charge on any atom is 0.405 e. The Hall–Kier alpha value is -0.100. The zero-order chi connectivity index (χ0) is 12.4. The van der Waals surface area contributed by atoms with Crippen molar-refractivity contribution in [2.24, 2.45) is 5.92 Å². The molecule has 0 radical (unpaired) electrons. The Kier molecular flexibility index (Phi) is 4.79. The molecule has 92 valence electrons. The van der Waals surface area contributed by atoms with Crippen molar-refractivity contribution in [3.8, 4) is 0 Å². The molecule has 0 amide bonds. The maximum absolute atomic E-state index is 12.5. The van der Waals surface area contributed by atoms with Gasteiger partial charge in [0.05, 0.1) is 15.7 Å². The van der Waals surface area contributed by atoms with Gasteiger partial charge < -0.3 is 0 Å². The Bertz CT molecular complexity index is 232. The van der Waals surface area contributed by atoms with Gasteiger partial charge in [-0.2, -0.15) is 13.2 Å². The SMILES string of the molecule is CC(C)C(NS(=O)C(C)(C)C)C(F)(F)F. The predicted molar refractivity (Wildman–Crippen MR) is 55.7 cm³/mol. The molecule has 0 saturated carbocycles. The van der Waals surface area contributed by atoms with E-state index in [0.29, 0.717) is 0 Å². The van der Waals surface area contributed by atoms with E-state index >= 15 is 0 Å². The van der Waals surface area contributed by atoms with E-state index in [2.05, 4.69) is 4.72 Å². The van der Waals surface area contributed by atoms with E-state index in [-0.39, 0.29) is 0 Å². The minimum absolute atomic E-state index is 0.642. The first-order valence-corrected chi connectivity index (χ1v) is 5.86. The monoisotopic (exact) mass is 245 g/mol. The van der Waals surface area contributed by atoms with Crippen LogP contribution in [0, 0.1) is 5.92 Å². The summed E-state index contributed by atoms with van der Waals surface area (Å²) in [5, 5.41) is 0. The first-order chi connectivity index (χ1) is 6.46. The smallest absolute Gasteiger partial charge is 0.242 e. The zero-order valence-corrected chi connectivity index (χ0v) is 10.4. The van der Waals surface area contributed by atoms with E-state index in [1.54, 1.807) is 20.8 Å². The first-order valence-electron chi connectivity index (χ1n) is 4.71. The van der Waals surface area contributed by atoms with Crippen LogP contribution in [0.15, 0.2) is 0 Å². The Balaban J connectivity index is 4.66. The van der Waals surface area contributed by atoms with Gasteiger partial charge >= 0.3 is 6.18 Å². The van der Waals surface area contributed by atoms with Crippen LogP contribution in [0.1, 0.15) is 34.6 Å². The molecule has 0 saturated heterocycles. The van der Waals surface area contributed by atoms with Crippen LogP contribution in [0.4, 0.5) is 13.2 Å². The summed E-state index contributed by atoms with van der Waals surface area (Å²) < 4.78 is 50.5. The van der Waals surface area contributed by atoms with Crippen molar-refractivity contribution in [3.05, 3.63) is 0 Å². The van der Waals surface area contributed by atoms with Crippen LogP contribution in [0.3, 0.4) is 0 Å². The number of rotatable bonds is 3. The van der Waals surface area contributed by atoms with Gasteiger partial charge in [-0.05, 0) is 26.7 Å². The lowest BCUT2D eigenvalue weighted by Gasteiger charge is -2.28. The van der Waals surface area contributed by atoms with Crippen LogP contribution in [-0.4, -0.2) is 21.2 Å². The summed E-state index contributed by atoms with van der Waals surface area (Å²) in [5.41, 5.74) is 0. The highest BCUT2D eigenvalue weighted by molar-refractivity contribution is 7.84. The van der Waals surface area contributed by atoms with E-state index in [1.165, 1.54) is 13.8 Å². The van der Waals surface area contributed by atoms with Crippen LogP contribution >= 0.6 is 0 Å². The van der Waals surface area contributed by atoms with E-state index in [1.807, 2.05) is 0 Å². The van der Waals surface area contributed by atoms with E-state index < -0.39 is 33.9 Å². The van der Waals surface area contributed by atoms with Crippen molar-refractivity contribution < 1.29 is 17.4 Å². The van der Waals surface area contributed by atoms with Crippen LogP contribution in [0.5, 0.6) is 0 Å². The van der Waals surface area contributed by atoms with Gasteiger partial charge in [0.1, 0.15) is 6.04 Å². The van der Waals surface area contributed by atoms with Gasteiger partial charge in [-0.3, -0.25) is 0 Å². The molecule has 0 spiro atoms. The minimum Gasteiger partial charge on any atom is -0.242 e. The van der Waals surface area contributed by atoms with Crippen molar-refractivity contribution >= 4 is 11.0 Å². The summed E-state index contributed by atoms with van der Waals surface area (Å²) in [6.45, 7) is 7.79. The highest BCUT2D eigenvalue weighted by Gasteiger charge is 2.43. The number of nitrogens with one attached hydrogen (secondary N) is 1. The van der Waals surface area contributed by atoms with E-state index in [4.69, 9.17) is 0 Å². The summed E-state index contributed by atoms with van der Waals surface area (Å²) in [5.74, 6) is -0.642. The molecule has 6 heteroatoms. The second-order valence-electron chi connectivity index (χ2n) is 4.76. The lowest BCUT2D eigenvalue weighted by atomic mass is 10.1. The average molecular weight is 245 g/mol. The van der Waals surface area contributed by atoms with E-state index in [9.17, 15) is 17.4 Å². The lowest BCUT2D eigenvalue weighted by molar-refractivity contribution is -0.160. The van der Waals surface area contributed by atoms with Crippen molar-refractivity contribution in [3.63, 3.8) is 0 Å². The Morgan fingerprint density at radius 3 is 1.73 bits per heavy atom. The summed E-state index contributed by atoms with van der Waals surface area (Å²) in [4.78, 5) is 0. The van der Waals surface area contributed by atoms with Crippen LogP contribution in [-0.2, 0) is 11.0 Å². The predicted octanol–water partition coefficient (Wildman–Crippen LogP) is 2.63. The summed E-state index contributed by atoms with van der Waals surface area (Å²) in [6.07, 6.45) is -4.37. The molecule has 0 aliphatic heterocycles. The topological polar surface area (TPSA) is 29.1 Å². The molecule has 2 nitrogen and oxygen atoms in total. The van der Waals surface area contributed by atoms with Gasteiger partial charge in [0.2, 0.25) is 0 Å². The molecule has 0 aliphatic rings. The Morgan fingerprint density at radius 1 is 1.13 bits per heavy atom.